The van der Waals surface area contributed by atoms with E-state index in [4.69, 9.17) is 11.6 Å². The van der Waals surface area contributed by atoms with Crippen molar-refractivity contribution in [3.63, 3.8) is 0 Å². The highest BCUT2D eigenvalue weighted by Crippen LogP contribution is 2.27. The highest BCUT2D eigenvalue weighted by atomic mass is 35.5. The largest absolute Gasteiger partial charge is 0.304 e. The molecule has 0 aliphatic carbocycles. The van der Waals surface area contributed by atoms with Crippen LogP contribution in [0.3, 0.4) is 0 Å². The zero-order valence-corrected chi connectivity index (χ0v) is 11.9. The fourth-order valence-corrected chi connectivity index (χ4v) is 2.36. The van der Waals surface area contributed by atoms with Crippen molar-refractivity contribution in [2.75, 3.05) is 33.2 Å². The predicted molar refractivity (Wildman–Crippen MR) is 76.1 cm³/mol. The average Bonchev–Trinajstić information content (AvgIpc) is 2.35. The normalized spacial score (nSPS) is 18.7. The minimum Gasteiger partial charge on any atom is -0.304 e. The lowest BCUT2D eigenvalue weighted by molar-refractivity contribution is 0.133. The maximum atomic E-state index is 9.36. The van der Waals surface area contributed by atoms with Gasteiger partial charge in [-0.15, -0.1) is 12.4 Å². The number of rotatable bonds is 2. The van der Waals surface area contributed by atoms with Crippen LogP contribution < -0.4 is 0 Å². The molecule has 1 heterocycles. The van der Waals surface area contributed by atoms with Gasteiger partial charge in [0.05, 0.1) is 6.07 Å². The van der Waals surface area contributed by atoms with Crippen LogP contribution in [-0.2, 0) is 0 Å². The molecule has 18 heavy (non-hydrogen) atoms. The quantitative estimate of drug-likeness (QED) is 0.837. The van der Waals surface area contributed by atoms with Crippen LogP contribution in [0.4, 0.5) is 0 Å². The molecule has 1 aromatic carbocycles. The minimum absolute atomic E-state index is 0. The van der Waals surface area contributed by atoms with Crippen molar-refractivity contribution in [3.8, 4) is 6.07 Å². The molecule has 1 saturated heterocycles. The van der Waals surface area contributed by atoms with E-state index in [0.717, 1.165) is 31.7 Å². The summed E-state index contributed by atoms with van der Waals surface area (Å²) >= 11 is 6.16. The fourth-order valence-electron chi connectivity index (χ4n) is 2.12. The van der Waals surface area contributed by atoms with Crippen LogP contribution in [-0.4, -0.2) is 43.0 Å². The third-order valence-corrected chi connectivity index (χ3v) is 3.57. The van der Waals surface area contributed by atoms with E-state index >= 15 is 0 Å². The van der Waals surface area contributed by atoms with Crippen molar-refractivity contribution in [2.24, 2.45) is 0 Å². The Morgan fingerprint density at radius 1 is 1.22 bits per heavy atom. The van der Waals surface area contributed by atoms with Crippen LogP contribution in [0.1, 0.15) is 11.6 Å². The fraction of sp³-hybridized carbons (Fsp3) is 0.462. The molecular weight excluding hydrogens is 269 g/mol. The van der Waals surface area contributed by atoms with Crippen molar-refractivity contribution in [1.29, 1.82) is 5.26 Å². The smallest absolute Gasteiger partial charge is 0.125 e. The van der Waals surface area contributed by atoms with Gasteiger partial charge in [-0.1, -0.05) is 29.8 Å². The van der Waals surface area contributed by atoms with Gasteiger partial charge in [-0.25, -0.2) is 0 Å². The Kier molecular flexibility index (Phi) is 5.90. The summed E-state index contributed by atoms with van der Waals surface area (Å²) < 4.78 is 0. The predicted octanol–water partition coefficient (Wildman–Crippen LogP) is 2.57. The van der Waals surface area contributed by atoms with E-state index in [-0.39, 0.29) is 18.4 Å². The van der Waals surface area contributed by atoms with Crippen LogP contribution >= 0.6 is 24.0 Å². The zero-order valence-electron chi connectivity index (χ0n) is 10.3. The van der Waals surface area contributed by atoms with E-state index in [1.807, 2.05) is 24.3 Å². The summed E-state index contributed by atoms with van der Waals surface area (Å²) in [6.07, 6.45) is 0. The van der Waals surface area contributed by atoms with Gasteiger partial charge >= 0.3 is 0 Å². The summed E-state index contributed by atoms with van der Waals surface area (Å²) in [4.78, 5) is 4.47. The molecule has 1 fully saturated rings. The molecular formula is C13H17Cl2N3. The van der Waals surface area contributed by atoms with Gasteiger partial charge < -0.3 is 4.90 Å². The maximum Gasteiger partial charge on any atom is 0.125 e. The molecule has 98 valence electrons. The van der Waals surface area contributed by atoms with E-state index < -0.39 is 0 Å². The van der Waals surface area contributed by atoms with E-state index in [0.29, 0.717) is 5.02 Å². The molecule has 1 unspecified atom stereocenters. The van der Waals surface area contributed by atoms with Gasteiger partial charge in [0, 0.05) is 36.8 Å². The minimum atomic E-state index is -0.225. The molecule has 5 heteroatoms. The average molecular weight is 286 g/mol. The second kappa shape index (κ2) is 6.96. The molecule has 1 aliphatic rings. The SMILES string of the molecule is CN1CCN(C(C#N)c2ccccc2Cl)CC1.Cl. The number of benzene rings is 1. The summed E-state index contributed by atoms with van der Waals surface area (Å²) in [6.45, 7) is 3.84. The van der Waals surface area contributed by atoms with Gasteiger partial charge in [-0.2, -0.15) is 5.26 Å². The monoisotopic (exact) mass is 285 g/mol. The Labute approximate surface area is 119 Å². The lowest BCUT2D eigenvalue weighted by Gasteiger charge is -2.35. The van der Waals surface area contributed by atoms with Crippen molar-refractivity contribution < 1.29 is 0 Å². The van der Waals surface area contributed by atoms with Crippen molar-refractivity contribution in [3.05, 3.63) is 34.9 Å². The highest BCUT2D eigenvalue weighted by molar-refractivity contribution is 6.31. The molecule has 0 N–H and O–H groups in total. The Bertz CT molecular complexity index is 422. The van der Waals surface area contributed by atoms with Crippen LogP contribution in [0.25, 0.3) is 0 Å². The molecule has 0 spiro atoms. The first-order valence-electron chi connectivity index (χ1n) is 5.79. The molecule has 1 aromatic rings. The Balaban J connectivity index is 0.00000162. The number of nitrogens with zero attached hydrogens (tertiary/aromatic N) is 3. The summed E-state index contributed by atoms with van der Waals surface area (Å²) in [7, 11) is 2.11. The molecule has 0 aromatic heterocycles. The first-order valence-corrected chi connectivity index (χ1v) is 6.17. The number of halogens is 2. The van der Waals surface area contributed by atoms with Gasteiger partial charge in [0.15, 0.2) is 0 Å². The van der Waals surface area contributed by atoms with E-state index in [1.54, 1.807) is 0 Å². The van der Waals surface area contributed by atoms with Crippen LogP contribution in [0.15, 0.2) is 24.3 Å². The second-order valence-electron chi connectivity index (χ2n) is 4.39. The van der Waals surface area contributed by atoms with Crippen LogP contribution in [0.2, 0.25) is 5.02 Å². The maximum absolute atomic E-state index is 9.36. The third-order valence-electron chi connectivity index (χ3n) is 3.23. The molecule has 0 bridgehead atoms. The Morgan fingerprint density at radius 2 is 1.83 bits per heavy atom. The third kappa shape index (κ3) is 3.37. The first kappa shape index (κ1) is 15.3. The van der Waals surface area contributed by atoms with Crippen LogP contribution in [0, 0.1) is 11.3 Å². The van der Waals surface area contributed by atoms with Gasteiger partial charge in [-0.3, -0.25) is 4.90 Å². The van der Waals surface area contributed by atoms with E-state index in [1.165, 1.54) is 0 Å². The van der Waals surface area contributed by atoms with E-state index in [9.17, 15) is 5.26 Å². The molecule has 0 radical (unpaired) electrons. The summed E-state index contributed by atoms with van der Waals surface area (Å²) in [5.41, 5.74) is 0.918. The van der Waals surface area contributed by atoms with Gasteiger partial charge in [0.2, 0.25) is 0 Å². The number of piperazine rings is 1. The van der Waals surface area contributed by atoms with Crippen molar-refractivity contribution in [2.45, 2.75) is 6.04 Å². The lowest BCUT2D eigenvalue weighted by Crippen LogP contribution is -2.45. The first-order chi connectivity index (χ1) is 8.22. The zero-order chi connectivity index (χ0) is 12.3. The van der Waals surface area contributed by atoms with E-state index in [2.05, 4.69) is 22.9 Å². The summed E-state index contributed by atoms with van der Waals surface area (Å²) in [5, 5.41) is 10.0. The van der Waals surface area contributed by atoms with Crippen molar-refractivity contribution in [1.82, 2.24) is 9.80 Å². The Morgan fingerprint density at radius 3 is 2.39 bits per heavy atom. The lowest BCUT2D eigenvalue weighted by atomic mass is 10.1. The van der Waals surface area contributed by atoms with Gasteiger partial charge in [0.1, 0.15) is 6.04 Å². The molecule has 0 saturated carbocycles. The molecule has 1 atom stereocenters. The molecule has 3 nitrogen and oxygen atoms in total. The molecule has 1 aliphatic heterocycles. The number of hydrogen-bond donors (Lipinski definition) is 0. The Hall–Kier alpha value is -0.790. The summed E-state index contributed by atoms with van der Waals surface area (Å²) in [5.74, 6) is 0. The van der Waals surface area contributed by atoms with Crippen molar-refractivity contribution >= 4 is 24.0 Å². The number of nitriles is 1. The topological polar surface area (TPSA) is 30.3 Å². The molecule has 0 amide bonds. The second-order valence-corrected chi connectivity index (χ2v) is 4.80. The molecule has 2 rings (SSSR count). The van der Waals surface area contributed by atoms with Crippen LogP contribution in [0.5, 0.6) is 0 Å². The number of hydrogen-bond acceptors (Lipinski definition) is 3. The summed E-state index contributed by atoms with van der Waals surface area (Å²) in [6, 6.07) is 9.75. The van der Waals surface area contributed by atoms with Gasteiger partial charge in [-0.05, 0) is 13.1 Å². The standard InChI is InChI=1S/C13H16ClN3.ClH/c1-16-6-8-17(9-7-16)13(10-15)11-4-2-3-5-12(11)14;/h2-5,13H,6-9H2,1H3;1H. The van der Waals surface area contributed by atoms with Gasteiger partial charge in [0.25, 0.3) is 0 Å². The highest BCUT2D eigenvalue weighted by Gasteiger charge is 2.24. The number of likely N-dealkylation sites (N-methyl/N-ethyl adjacent to an activating group) is 1.